The van der Waals surface area contributed by atoms with Gasteiger partial charge in [0, 0.05) is 24.2 Å². The van der Waals surface area contributed by atoms with Gasteiger partial charge in [-0.2, -0.15) is 0 Å². The van der Waals surface area contributed by atoms with Crippen molar-refractivity contribution in [1.29, 1.82) is 0 Å². The predicted octanol–water partition coefficient (Wildman–Crippen LogP) is 4.66. The number of benzene rings is 2. The lowest BCUT2D eigenvalue weighted by Gasteiger charge is -2.29. The van der Waals surface area contributed by atoms with Crippen LogP contribution >= 0.6 is 0 Å². The number of likely N-dealkylation sites (tertiary alicyclic amines) is 1. The maximum Gasteiger partial charge on any atom is 0.187 e. The minimum atomic E-state index is -0.00516. The number of ether oxygens (including phenoxy) is 2. The van der Waals surface area contributed by atoms with Crippen LogP contribution in [0.25, 0.3) is 12.2 Å². The van der Waals surface area contributed by atoms with Crippen molar-refractivity contribution in [2.45, 2.75) is 27.2 Å². The fraction of sp³-hybridized carbons (Fsp3) is 0.346. The number of piperidine rings is 1. The first-order valence-corrected chi connectivity index (χ1v) is 11.0. The monoisotopic (exact) mass is 437 g/mol. The van der Waals surface area contributed by atoms with Gasteiger partial charge >= 0.3 is 0 Å². The number of hydrogen-bond acceptors (Lipinski definition) is 6. The Hall–Kier alpha value is -3.25. The standard InChI is InChI=1S/C26H31NO5/c1-4-11-27-16-20(12-18-7-9-22(28)24(14-18)31-5-2)26(30)21(17-27)13-19-8-10-23(29)25(15-19)32-6-3/h7-10,12-15,28-29H,4-6,11,16-17H2,1-3H3/b20-12+,21-13+. The second-order valence-electron chi connectivity index (χ2n) is 7.70. The van der Waals surface area contributed by atoms with Crippen LogP contribution in [0.3, 0.4) is 0 Å². The molecule has 0 bridgehead atoms. The molecule has 3 rings (SSSR count). The van der Waals surface area contributed by atoms with Gasteiger partial charge in [0.05, 0.1) is 13.2 Å². The first-order valence-electron chi connectivity index (χ1n) is 11.0. The van der Waals surface area contributed by atoms with Gasteiger partial charge in [0.2, 0.25) is 0 Å². The summed E-state index contributed by atoms with van der Waals surface area (Å²) in [5, 5.41) is 19.9. The molecule has 0 atom stereocenters. The largest absolute Gasteiger partial charge is 0.504 e. The lowest BCUT2D eigenvalue weighted by atomic mass is 9.94. The van der Waals surface area contributed by atoms with Crippen molar-refractivity contribution in [3.63, 3.8) is 0 Å². The molecule has 6 nitrogen and oxygen atoms in total. The molecular formula is C26H31NO5. The van der Waals surface area contributed by atoms with Crippen LogP contribution in [0.1, 0.15) is 38.3 Å². The number of ketones is 1. The Kier molecular flexibility index (Phi) is 7.95. The Morgan fingerprint density at radius 2 is 1.31 bits per heavy atom. The van der Waals surface area contributed by atoms with Crippen LogP contribution in [0.5, 0.6) is 23.0 Å². The number of aromatic hydroxyl groups is 2. The lowest BCUT2D eigenvalue weighted by molar-refractivity contribution is -0.113. The Morgan fingerprint density at radius 1 is 0.844 bits per heavy atom. The van der Waals surface area contributed by atoms with Crippen molar-refractivity contribution in [1.82, 2.24) is 4.90 Å². The van der Waals surface area contributed by atoms with Crippen LogP contribution in [0.2, 0.25) is 0 Å². The predicted molar refractivity (Wildman–Crippen MR) is 126 cm³/mol. The van der Waals surface area contributed by atoms with Gasteiger partial charge in [-0.1, -0.05) is 19.1 Å². The second-order valence-corrected chi connectivity index (χ2v) is 7.70. The Labute approximate surface area is 189 Å². The molecule has 0 spiro atoms. The molecule has 32 heavy (non-hydrogen) atoms. The van der Waals surface area contributed by atoms with E-state index in [2.05, 4.69) is 11.8 Å². The minimum Gasteiger partial charge on any atom is -0.504 e. The molecule has 0 radical (unpaired) electrons. The highest BCUT2D eigenvalue weighted by Crippen LogP contribution is 2.31. The maximum absolute atomic E-state index is 13.3. The summed E-state index contributed by atoms with van der Waals surface area (Å²) in [5.74, 6) is 0.955. The van der Waals surface area contributed by atoms with Gasteiger partial charge in [0.15, 0.2) is 28.8 Å². The summed E-state index contributed by atoms with van der Waals surface area (Å²) in [6, 6.07) is 10.2. The molecule has 6 heteroatoms. The summed E-state index contributed by atoms with van der Waals surface area (Å²) in [6.45, 7) is 8.72. The molecule has 0 unspecified atom stereocenters. The van der Waals surface area contributed by atoms with Crippen molar-refractivity contribution in [2.75, 3.05) is 32.8 Å². The zero-order chi connectivity index (χ0) is 23.1. The molecule has 1 heterocycles. The fourth-order valence-corrected chi connectivity index (χ4v) is 3.77. The Morgan fingerprint density at radius 3 is 1.72 bits per heavy atom. The van der Waals surface area contributed by atoms with Crippen LogP contribution < -0.4 is 9.47 Å². The van der Waals surface area contributed by atoms with Crippen molar-refractivity contribution >= 4 is 17.9 Å². The van der Waals surface area contributed by atoms with E-state index in [9.17, 15) is 15.0 Å². The minimum absolute atomic E-state index is 0.00516. The summed E-state index contributed by atoms with van der Waals surface area (Å²) in [7, 11) is 0. The van der Waals surface area contributed by atoms with E-state index < -0.39 is 0 Å². The van der Waals surface area contributed by atoms with Crippen LogP contribution in [0.4, 0.5) is 0 Å². The lowest BCUT2D eigenvalue weighted by Crippen LogP contribution is -2.38. The molecule has 2 N–H and O–H groups in total. The first-order chi connectivity index (χ1) is 15.4. The molecule has 1 fully saturated rings. The second kappa shape index (κ2) is 10.9. The number of phenolic OH excluding ortho intramolecular Hbond substituents is 2. The zero-order valence-electron chi connectivity index (χ0n) is 18.9. The molecule has 0 aromatic heterocycles. The third-order valence-electron chi connectivity index (χ3n) is 5.16. The summed E-state index contributed by atoms with van der Waals surface area (Å²) in [6.07, 6.45) is 4.71. The van der Waals surface area contributed by atoms with Crippen molar-refractivity contribution in [2.24, 2.45) is 0 Å². The van der Waals surface area contributed by atoms with Gasteiger partial charge in [-0.25, -0.2) is 0 Å². The summed E-state index contributed by atoms with van der Waals surface area (Å²) >= 11 is 0. The van der Waals surface area contributed by atoms with E-state index in [4.69, 9.17) is 9.47 Å². The average Bonchev–Trinajstić information content (AvgIpc) is 2.76. The number of nitrogens with zero attached hydrogens (tertiary/aromatic N) is 1. The summed E-state index contributed by atoms with van der Waals surface area (Å²) in [5.41, 5.74) is 2.98. The maximum atomic E-state index is 13.3. The van der Waals surface area contributed by atoms with Crippen LogP contribution in [-0.2, 0) is 4.79 Å². The molecule has 1 saturated heterocycles. The molecule has 2 aromatic rings. The van der Waals surface area contributed by atoms with Crippen LogP contribution in [-0.4, -0.2) is 53.7 Å². The highest BCUT2D eigenvalue weighted by Gasteiger charge is 2.25. The highest BCUT2D eigenvalue weighted by atomic mass is 16.5. The molecule has 1 aliphatic heterocycles. The van der Waals surface area contributed by atoms with E-state index in [-0.39, 0.29) is 17.3 Å². The van der Waals surface area contributed by atoms with Gasteiger partial charge in [-0.15, -0.1) is 0 Å². The molecule has 0 saturated carbocycles. The molecule has 1 aliphatic rings. The third-order valence-corrected chi connectivity index (χ3v) is 5.16. The van der Waals surface area contributed by atoms with E-state index in [0.29, 0.717) is 48.9 Å². The Balaban J connectivity index is 1.96. The zero-order valence-corrected chi connectivity index (χ0v) is 18.9. The number of carbonyl (C=O) groups excluding carboxylic acids is 1. The Bertz CT molecular complexity index is 947. The topological polar surface area (TPSA) is 79.2 Å². The number of carbonyl (C=O) groups is 1. The first kappa shape index (κ1) is 23.4. The number of Topliss-reactive ketones (excluding diaryl/α,β-unsaturated/α-hetero) is 1. The van der Waals surface area contributed by atoms with Gasteiger partial charge in [0.25, 0.3) is 0 Å². The van der Waals surface area contributed by atoms with Crippen molar-refractivity contribution < 1.29 is 24.5 Å². The van der Waals surface area contributed by atoms with E-state index in [1.807, 2.05) is 26.0 Å². The molecule has 2 aromatic carbocycles. The molecular weight excluding hydrogens is 406 g/mol. The van der Waals surface area contributed by atoms with E-state index in [1.165, 1.54) is 0 Å². The van der Waals surface area contributed by atoms with Gasteiger partial charge in [-0.3, -0.25) is 9.69 Å². The van der Waals surface area contributed by atoms with Gasteiger partial charge < -0.3 is 19.7 Å². The highest BCUT2D eigenvalue weighted by molar-refractivity contribution is 6.14. The normalized spacial score (nSPS) is 17.2. The van der Waals surface area contributed by atoms with E-state index in [0.717, 1.165) is 24.1 Å². The number of rotatable bonds is 8. The van der Waals surface area contributed by atoms with E-state index in [1.54, 1.807) is 36.4 Å². The number of phenols is 2. The van der Waals surface area contributed by atoms with Crippen LogP contribution in [0.15, 0.2) is 47.5 Å². The summed E-state index contributed by atoms with van der Waals surface area (Å²) < 4.78 is 11.0. The smallest absolute Gasteiger partial charge is 0.187 e. The fourth-order valence-electron chi connectivity index (χ4n) is 3.77. The SMILES string of the molecule is CCCN1C/C(=C\c2ccc(O)c(OCC)c2)C(=O)/C(=C/c2ccc(O)c(OCC)c2)C1. The van der Waals surface area contributed by atoms with E-state index >= 15 is 0 Å². The van der Waals surface area contributed by atoms with Crippen LogP contribution in [0, 0.1) is 0 Å². The van der Waals surface area contributed by atoms with Crippen molar-refractivity contribution in [3.8, 4) is 23.0 Å². The quantitative estimate of drug-likeness (QED) is 0.585. The molecule has 0 amide bonds. The third kappa shape index (κ3) is 5.71. The van der Waals surface area contributed by atoms with Gasteiger partial charge in [-0.05, 0) is 74.4 Å². The molecule has 0 aliphatic carbocycles. The number of hydrogen-bond donors (Lipinski definition) is 2. The van der Waals surface area contributed by atoms with Crippen molar-refractivity contribution in [3.05, 3.63) is 58.7 Å². The summed E-state index contributed by atoms with van der Waals surface area (Å²) in [4.78, 5) is 15.6. The molecule has 170 valence electrons. The van der Waals surface area contributed by atoms with Gasteiger partial charge in [0.1, 0.15) is 0 Å². The average molecular weight is 438 g/mol.